The molecule has 5 heteroatoms. The highest BCUT2D eigenvalue weighted by atomic mass is 79.9. The minimum atomic E-state index is 0.876. The molecule has 3 nitrogen and oxygen atoms in total. The van der Waals surface area contributed by atoms with Crippen LogP contribution < -0.4 is 4.90 Å². The number of imidazole rings is 1. The zero-order valence-electron chi connectivity index (χ0n) is 9.81. The molecular weight excluding hydrogens is 358 g/mol. The van der Waals surface area contributed by atoms with Crippen LogP contribution in [0.3, 0.4) is 0 Å². The molecule has 0 fully saturated rings. The van der Waals surface area contributed by atoms with E-state index in [1.54, 1.807) is 0 Å². The molecule has 3 rings (SSSR count). The van der Waals surface area contributed by atoms with Gasteiger partial charge < -0.3 is 9.47 Å². The second kappa shape index (κ2) is 5.05. The summed E-state index contributed by atoms with van der Waals surface area (Å²) in [7, 11) is 0. The molecule has 0 saturated heterocycles. The maximum Gasteiger partial charge on any atom is 0.128 e. The first-order chi connectivity index (χ1) is 8.78. The number of alkyl halides is 1. The fourth-order valence-electron chi connectivity index (χ4n) is 2.32. The summed E-state index contributed by atoms with van der Waals surface area (Å²) in [6, 6.07) is 6.44. The monoisotopic (exact) mass is 369 g/mol. The fourth-order valence-corrected chi connectivity index (χ4v) is 3.15. The predicted octanol–water partition coefficient (Wildman–Crippen LogP) is 3.56. The SMILES string of the molecule is BrCc1ccc(Br)cc1N1CCn2ccnc2C1. The number of halogens is 2. The maximum absolute atomic E-state index is 4.41. The first-order valence-corrected chi connectivity index (χ1v) is 7.79. The van der Waals surface area contributed by atoms with E-state index in [9.17, 15) is 0 Å². The molecule has 0 radical (unpaired) electrons. The molecule has 0 bridgehead atoms. The molecule has 0 saturated carbocycles. The average molecular weight is 371 g/mol. The number of hydrogen-bond acceptors (Lipinski definition) is 2. The summed E-state index contributed by atoms with van der Waals surface area (Å²) in [4.78, 5) is 6.80. The largest absolute Gasteiger partial charge is 0.362 e. The summed E-state index contributed by atoms with van der Waals surface area (Å²) >= 11 is 7.11. The third-order valence-corrected chi connectivity index (χ3v) is 4.37. The Morgan fingerprint density at radius 3 is 3.00 bits per heavy atom. The number of aromatic nitrogens is 2. The number of anilines is 1. The number of fused-ring (bicyclic) bond motifs is 1. The van der Waals surface area contributed by atoms with E-state index in [0.717, 1.165) is 35.3 Å². The number of nitrogens with zero attached hydrogens (tertiary/aromatic N) is 3. The van der Waals surface area contributed by atoms with Crippen LogP contribution in [0.25, 0.3) is 0 Å². The van der Waals surface area contributed by atoms with Crippen LogP contribution in [0, 0.1) is 0 Å². The molecule has 0 atom stereocenters. The van der Waals surface area contributed by atoms with Crippen molar-refractivity contribution in [2.75, 3.05) is 11.4 Å². The van der Waals surface area contributed by atoms with Gasteiger partial charge in [0.15, 0.2) is 0 Å². The Kier molecular flexibility index (Phi) is 3.43. The van der Waals surface area contributed by atoms with Crippen molar-refractivity contribution >= 4 is 37.5 Å². The van der Waals surface area contributed by atoms with Gasteiger partial charge in [-0.25, -0.2) is 4.98 Å². The van der Waals surface area contributed by atoms with Crippen molar-refractivity contribution in [1.29, 1.82) is 0 Å². The van der Waals surface area contributed by atoms with E-state index in [2.05, 4.69) is 70.7 Å². The number of hydrogen-bond donors (Lipinski definition) is 0. The summed E-state index contributed by atoms with van der Waals surface area (Å²) in [5.74, 6) is 1.14. The normalized spacial score (nSPS) is 14.7. The molecule has 94 valence electrons. The molecule has 1 aromatic carbocycles. The first kappa shape index (κ1) is 12.2. The molecule has 0 amide bonds. The molecule has 0 spiro atoms. The molecule has 1 aliphatic rings. The van der Waals surface area contributed by atoms with E-state index < -0.39 is 0 Å². The van der Waals surface area contributed by atoms with Gasteiger partial charge in [-0.15, -0.1) is 0 Å². The first-order valence-electron chi connectivity index (χ1n) is 5.87. The number of rotatable bonds is 2. The fraction of sp³-hybridized carbons (Fsp3) is 0.308. The van der Waals surface area contributed by atoms with Gasteiger partial charge in [0.2, 0.25) is 0 Å². The van der Waals surface area contributed by atoms with Crippen LogP contribution in [0.15, 0.2) is 35.1 Å². The highest BCUT2D eigenvalue weighted by Crippen LogP contribution is 2.29. The lowest BCUT2D eigenvalue weighted by Gasteiger charge is -2.31. The molecule has 2 aromatic rings. The summed E-state index contributed by atoms with van der Waals surface area (Å²) < 4.78 is 3.35. The smallest absolute Gasteiger partial charge is 0.128 e. The lowest BCUT2D eigenvalue weighted by atomic mass is 10.1. The second-order valence-corrected chi connectivity index (χ2v) is 5.84. The van der Waals surface area contributed by atoms with Crippen molar-refractivity contribution in [3.05, 3.63) is 46.5 Å². The van der Waals surface area contributed by atoms with E-state index in [4.69, 9.17) is 0 Å². The molecule has 2 heterocycles. The zero-order chi connectivity index (χ0) is 12.5. The van der Waals surface area contributed by atoms with Crippen LogP contribution in [-0.2, 0) is 18.4 Å². The Bertz CT molecular complexity index is 565. The van der Waals surface area contributed by atoms with Crippen LogP contribution in [0.5, 0.6) is 0 Å². The van der Waals surface area contributed by atoms with Gasteiger partial charge in [0.05, 0.1) is 6.54 Å². The van der Waals surface area contributed by atoms with Crippen LogP contribution in [0.2, 0.25) is 0 Å². The predicted molar refractivity (Wildman–Crippen MR) is 80.1 cm³/mol. The highest BCUT2D eigenvalue weighted by Gasteiger charge is 2.18. The summed E-state index contributed by atoms with van der Waals surface area (Å²) in [6.45, 7) is 2.91. The minimum Gasteiger partial charge on any atom is -0.362 e. The summed E-state index contributed by atoms with van der Waals surface area (Å²) in [5, 5.41) is 0.876. The van der Waals surface area contributed by atoms with E-state index in [0.29, 0.717) is 0 Å². The van der Waals surface area contributed by atoms with E-state index in [1.165, 1.54) is 11.3 Å². The van der Waals surface area contributed by atoms with Crippen molar-refractivity contribution in [3.8, 4) is 0 Å². The lowest BCUT2D eigenvalue weighted by molar-refractivity contribution is 0.559. The molecule has 1 aromatic heterocycles. The Labute approximate surface area is 123 Å². The maximum atomic E-state index is 4.41. The van der Waals surface area contributed by atoms with Gasteiger partial charge in [-0.2, -0.15) is 0 Å². The molecular formula is C13H13Br2N3. The van der Waals surface area contributed by atoms with Crippen LogP contribution >= 0.6 is 31.9 Å². The van der Waals surface area contributed by atoms with Crippen molar-refractivity contribution < 1.29 is 0 Å². The van der Waals surface area contributed by atoms with Crippen LogP contribution in [0.1, 0.15) is 11.4 Å². The van der Waals surface area contributed by atoms with E-state index in [1.807, 2.05) is 6.20 Å². The Morgan fingerprint density at radius 2 is 2.17 bits per heavy atom. The third kappa shape index (κ3) is 2.21. The standard InChI is InChI=1S/C13H13Br2N3/c14-8-10-1-2-11(15)7-12(10)18-6-5-17-4-3-16-13(17)9-18/h1-4,7H,5-6,8-9H2. The Morgan fingerprint density at radius 1 is 1.28 bits per heavy atom. The third-order valence-electron chi connectivity index (χ3n) is 3.28. The van der Waals surface area contributed by atoms with Crippen molar-refractivity contribution in [3.63, 3.8) is 0 Å². The summed E-state index contributed by atoms with van der Waals surface area (Å²) in [6.07, 6.45) is 3.93. The van der Waals surface area contributed by atoms with Gasteiger partial charge in [-0.1, -0.05) is 37.9 Å². The lowest BCUT2D eigenvalue weighted by Crippen LogP contribution is -2.34. The second-order valence-electron chi connectivity index (χ2n) is 4.37. The zero-order valence-corrected chi connectivity index (χ0v) is 13.0. The molecule has 1 aliphatic heterocycles. The van der Waals surface area contributed by atoms with Gasteiger partial charge in [0, 0.05) is 41.0 Å². The molecule has 0 N–H and O–H groups in total. The van der Waals surface area contributed by atoms with Gasteiger partial charge >= 0.3 is 0 Å². The van der Waals surface area contributed by atoms with Gasteiger partial charge in [-0.3, -0.25) is 0 Å². The van der Waals surface area contributed by atoms with Crippen molar-refractivity contribution in [1.82, 2.24) is 9.55 Å². The summed E-state index contributed by atoms with van der Waals surface area (Å²) in [5.41, 5.74) is 2.61. The Balaban J connectivity index is 1.94. The minimum absolute atomic E-state index is 0.876. The van der Waals surface area contributed by atoms with Gasteiger partial charge in [-0.05, 0) is 17.7 Å². The van der Waals surface area contributed by atoms with Crippen LogP contribution in [-0.4, -0.2) is 16.1 Å². The van der Waals surface area contributed by atoms with E-state index in [-0.39, 0.29) is 0 Å². The topological polar surface area (TPSA) is 21.1 Å². The highest BCUT2D eigenvalue weighted by molar-refractivity contribution is 9.10. The van der Waals surface area contributed by atoms with E-state index >= 15 is 0 Å². The van der Waals surface area contributed by atoms with Crippen LogP contribution in [0.4, 0.5) is 5.69 Å². The quantitative estimate of drug-likeness (QED) is 0.753. The molecule has 18 heavy (non-hydrogen) atoms. The molecule has 0 unspecified atom stereocenters. The van der Waals surface area contributed by atoms with Gasteiger partial charge in [0.25, 0.3) is 0 Å². The van der Waals surface area contributed by atoms with Crippen molar-refractivity contribution in [2.24, 2.45) is 0 Å². The van der Waals surface area contributed by atoms with Gasteiger partial charge in [0.1, 0.15) is 5.82 Å². The number of benzene rings is 1. The van der Waals surface area contributed by atoms with Crippen molar-refractivity contribution in [2.45, 2.75) is 18.4 Å². The average Bonchev–Trinajstić information content (AvgIpc) is 2.85. The Hall–Kier alpha value is -0.810. The molecule has 0 aliphatic carbocycles.